The van der Waals surface area contributed by atoms with E-state index in [1.807, 2.05) is 0 Å². The number of hydrazone groups is 1. The predicted molar refractivity (Wildman–Crippen MR) is 119 cm³/mol. The molecule has 1 aromatic carbocycles. The van der Waals surface area contributed by atoms with Gasteiger partial charge in [-0.1, -0.05) is 6.42 Å². The van der Waals surface area contributed by atoms with Gasteiger partial charge in [-0.2, -0.15) is 5.10 Å². The highest BCUT2D eigenvalue weighted by Gasteiger charge is 2.12. The van der Waals surface area contributed by atoms with Crippen molar-refractivity contribution >= 4 is 34.7 Å². The van der Waals surface area contributed by atoms with Gasteiger partial charge >= 0.3 is 0 Å². The number of aromatic nitrogens is 1. The smallest absolute Gasteiger partial charge is 0.241 e. The molecule has 1 aliphatic rings. The van der Waals surface area contributed by atoms with Gasteiger partial charge in [-0.15, -0.1) is 0 Å². The first kappa shape index (κ1) is 20.1. The standard InChI is InChI=1S/C21H27IN4O/c1-16-14-18(17(2)26(16)20-8-6-19(22)7-9-20)15-23-24-21(27)10-13-25-11-4-3-5-12-25/h6-9,14-15H,3-5,10-13H2,1-2H3,(H,24,27). The van der Waals surface area contributed by atoms with Crippen molar-refractivity contribution in [2.75, 3.05) is 19.6 Å². The SMILES string of the molecule is Cc1cc(C=NNC(=O)CCN2CCCCC2)c(C)n1-c1ccc(I)cc1. The van der Waals surface area contributed by atoms with Gasteiger partial charge < -0.3 is 9.47 Å². The number of benzene rings is 1. The van der Waals surface area contributed by atoms with E-state index in [9.17, 15) is 4.79 Å². The van der Waals surface area contributed by atoms with E-state index in [0.29, 0.717) is 6.42 Å². The van der Waals surface area contributed by atoms with Crippen molar-refractivity contribution < 1.29 is 4.79 Å². The molecule has 144 valence electrons. The Hall–Kier alpha value is -1.67. The maximum atomic E-state index is 12.0. The predicted octanol–water partition coefficient (Wildman–Crippen LogP) is 4.02. The van der Waals surface area contributed by atoms with Crippen molar-refractivity contribution in [1.29, 1.82) is 0 Å². The van der Waals surface area contributed by atoms with Gasteiger partial charge in [0.25, 0.3) is 0 Å². The van der Waals surface area contributed by atoms with Crippen molar-refractivity contribution in [2.24, 2.45) is 5.10 Å². The van der Waals surface area contributed by atoms with Gasteiger partial charge in [-0.3, -0.25) is 4.79 Å². The fraction of sp³-hybridized carbons (Fsp3) is 0.429. The monoisotopic (exact) mass is 478 g/mol. The fourth-order valence-electron chi connectivity index (χ4n) is 3.58. The number of piperidine rings is 1. The number of rotatable bonds is 6. The molecular weight excluding hydrogens is 451 g/mol. The zero-order valence-corrected chi connectivity index (χ0v) is 18.2. The Morgan fingerprint density at radius 1 is 1.19 bits per heavy atom. The minimum Gasteiger partial charge on any atom is -0.318 e. The largest absolute Gasteiger partial charge is 0.318 e. The zero-order valence-electron chi connectivity index (χ0n) is 16.0. The van der Waals surface area contributed by atoms with E-state index in [-0.39, 0.29) is 5.91 Å². The van der Waals surface area contributed by atoms with Crippen LogP contribution >= 0.6 is 22.6 Å². The summed E-state index contributed by atoms with van der Waals surface area (Å²) in [4.78, 5) is 14.4. The summed E-state index contributed by atoms with van der Waals surface area (Å²) in [6.45, 7) is 7.20. The first-order valence-corrected chi connectivity index (χ1v) is 10.6. The summed E-state index contributed by atoms with van der Waals surface area (Å²) in [5, 5.41) is 4.17. The van der Waals surface area contributed by atoms with Crippen LogP contribution in [0.3, 0.4) is 0 Å². The van der Waals surface area contributed by atoms with Gasteiger partial charge in [0.1, 0.15) is 0 Å². The molecule has 0 spiro atoms. The Kier molecular flexibility index (Phi) is 7.07. The van der Waals surface area contributed by atoms with E-state index < -0.39 is 0 Å². The van der Waals surface area contributed by atoms with Gasteiger partial charge in [0.2, 0.25) is 5.91 Å². The van der Waals surface area contributed by atoms with Crippen LogP contribution in [-0.4, -0.2) is 41.2 Å². The molecule has 27 heavy (non-hydrogen) atoms. The number of carbonyl (C=O) groups excluding carboxylic acids is 1. The van der Waals surface area contributed by atoms with Crippen LogP contribution < -0.4 is 5.43 Å². The Bertz CT molecular complexity index is 804. The quantitative estimate of drug-likeness (QED) is 0.388. The molecule has 1 N–H and O–H groups in total. The summed E-state index contributed by atoms with van der Waals surface area (Å²) in [6.07, 6.45) is 6.04. The summed E-state index contributed by atoms with van der Waals surface area (Å²) in [7, 11) is 0. The van der Waals surface area contributed by atoms with Crippen LogP contribution in [0.5, 0.6) is 0 Å². The number of halogens is 1. The van der Waals surface area contributed by atoms with Crippen molar-refractivity contribution in [2.45, 2.75) is 39.5 Å². The Balaban J connectivity index is 1.58. The number of hydrogen-bond donors (Lipinski definition) is 1. The van der Waals surface area contributed by atoms with Crippen molar-refractivity contribution in [3.8, 4) is 5.69 Å². The molecule has 0 unspecified atom stereocenters. The number of likely N-dealkylation sites (tertiary alicyclic amines) is 1. The molecule has 0 aliphatic carbocycles. The highest BCUT2D eigenvalue weighted by molar-refractivity contribution is 14.1. The molecule has 0 radical (unpaired) electrons. The molecule has 0 bridgehead atoms. The number of carbonyl (C=O) groups is 1. The maximum absolute atomic E-state index is 12.0. The van der Waals surface area contributed by atoms with E-state index >= 15 is 0 Å². The molecule has 1 amide bonds. The Morgan fingerprint density at radius 2 is 1.89 bits per heavy atom. The second-order valence-corrected chi connectivity index (χ2v) is 8.33. The second kappa shape index (κ2) is 9.50. The highest BCUT2D eigenvalue weighted by Crippen LogP contribution is 2.20. The summed E-state index contributed by atoms with van der Waals surface area (Å²) in [5.74, 6) is -0.0248. The molecule has 2 aromatic rings. The van der Waals surface area contributed by atoms with E-state index in [4.69, 9.17) is 0 Å². The molecule has 3 rings (SSSR count). The molecule has 1 saturated heterocycles. The topological polar surface area (TPSA) is 49.6 Å². The van der Waals surface area contributed by atoms with Gasteiger partial charge in [-0.25, -0.2) is 5.43 Å². The van der Waals surface area contributed by atoms with Crippen LogP contribution in [-0.2, 0) is 4.79 Å². The molecule has 2 heterocycles. The number of nitrogens with one attached hydrogen (secondary N) is 1. The zero-order chi connectivity index (χ0) is 19.2. The summed E-state index contributed by atoms with van der Waals surface area (Å²) in [5.41, 5.74) is 7.07. The van der Waals surface area contributed by atoms with Crippen LogP contribution in [0.15, 0.2) is 35.4 Å². The summed E-state index contributed by atoms with van der Waals surface area (Å²) < 4.78 is 3.42. The minimum atomic E-state index is -0.0248. The average molecular weight is 478 g/mol. The average Bonchev–Trinajstić information content (AvgIpc) is 2.95. The molecule has 1 aliphatic heterocycles. The summed E-state index contributed by atoms with van der Waals surface area (Å²) in [6, 6.07) is 10.5. The van der Waals surface area contributed by atoms with E-state index in [1.54, 1.807) is 6.21 Å². The number of hydrogen-bond acceptors (Lipinski definition) is 3. The minimum absolute atomic E-state index is 0.0248. The normalized spacial score (nSPS) is 15.4. The molecule has 0 saturated carbocycles. The van der Waals surface area contributed by atoms with Crippen molar-refractivity contribution in [3.63, 3.8) is 0 Å². The van der Waals surface area contributed by atoms with Gasteiger partial charge in [0, 0.05) is 39.2 Å². The number of aryl methyl sites for hydroxylation is 1. The van der Waals surface area contributed by atoms with Gasteiger partial charge in [0.15, 0.2) is 0 Å². The lowest BCUT2D eigenvalue weighted by molar-refractivity contribution is -0.121. The maximum Gasteiger partial charge on any atom is 0.241 e. The summed E-state index contributed by atoms with van der Waals surface area (Å²) >= 11 is 2.31. The van der Waals surface area contributed by atoms with Crippen LogP contribution in [0.4, 0.5) is 0 Å². The van der Waals surface area contributed by atoms with Crippen molar-refractivity contribution in [3.05, 3.63) is 50.9 Å². The van der Waals surface area contributed by atoms with Crippen LogP contribution in [0, 0.1) is 17.4 Å². The van der Waals surface area contributed by atoms with E-state index in [0.717, 1.165) is 42.3 Å². The third-order valence-electron chi connectivity index (χ3n) is 5.05. The lowest BCUT2D eigenvalue weighted by Gasteiger charge is -2.25. The van der Waals surface area contributed by atoms with E-state index in [2.05, 4.69) is 86.8 Å². The van der Waals surface area contributed by atoms with Crippen molar-refractivity contribution in [1.82, 2.24) is 14.9 Å². The molecular formula is C21H27IN4O. The first-order chi connectivity index (χ1) is 13.0. The molecule has 1 fully saturated rings. The third kappa shape index (κ3) is 5.42. The lowest BCUT2D eigenvalue weighted by Crippen LogP contribution is -2.33. The molecule has 1 aromatic heterocycles. The first-order valence-electron chi connectivity index (χ1n) is 9.54. The van der Waals surface area contributed by atoms with E-state index in [1.165, 1.54) is 22.8 Å². The molecule has 0 atom stereocenters. The Morgan fingerprint density at radius 3 is 2.59 bits per heavy atom. The fourth-order valence-corrected chi connectivity index (χ4v) is 3.94. The second-order valence-electron chi connectivity index (χ2n) is 7.08. The molecule has 5 nitrogen and oxygen atoms in total. The number of nitrogens with zero attached hydrogens (tertiary/aromatic N) is 3. The number of amides is 1. The third-order valence-corrected chi connectivity index (χ3v) is 5.77. The molecule has 6 heteroatoms. The Labute approximate surface area is 175 Å². The lowest BCUT2D eigenvalue weighted by atomic mass is 10.1. The van der Waals surface area contributed by atoms with Crippen LogP contribution in [0.25, 0.3) is 5.69 Å². The highest BCUT2D eigenvalue weighted by atomic mass is 127. The van der Waals surface area contributed by atoms with Gasteiger partial charge in [-0.05, 0) is 92.7 Å². The van der Waals surface area contributed by atoms with Crippen LogP contribution in [0.1, 0.15) is 42.6 Å². The van der Waals surface area contributed by atoms with Gasteiger partial charge in [0.05, 0.1) is 6.21 Å². The van der Waals surface area contributed by atoms with Crippen LogP contribution in [0.2, 0.25) is 0 Å².